The van der Waals surface area contributed by atoms with E-state index in [1.54, 1.807) is 0 Å². The lowest BCUT2D eigenvalue weighted by Crippen LogP contribution is -2.44. The van der Waals surface area contributed by atoms with E-state index in [4.69, 9.17) is 14.2 Å². The molecule has 0 unspecified atom stereocenters. The highest BCUT2D eigenvalue weighted by atomic mass is 16.6. The molecule has 1 aromatic carbocycles. The molecular weight excluding hydrogens is 322 g/mol. The molecule has 6 heteroatoms. The quantitative estimate of drug-likeness (QED) is 0.458. The van der Waals surface area contributed by atoms with Crippen LogP contribution >= 0.6 is 0 Å². The first-order valence-corrected chi connectivity index (χ1v) is 8.60. The Morgan fingerprint density at radius 1 is 1.24 bits per heavy atom. The molecule has 1 aromatic rings. The van der Waals surface area contributed by atoms with E-state index in [2.05, 4.69) is 0 Å². The number of anilines is 1. The number of amides is 2. The number of aryl methyl sites for hydroxylation is 1. The van der Waals surface area contributed by atoms with Gasteiger partial charge in [0.25, 0.3) is 0 Å². The van der Waals surface area contributed by atoms with Gasteiger partial charge in [0, 0.05) is 0 Å². The summed E-state index contributed by atoms with van der Waals surface area (Å²) in [6.45, 7) is 3.45. The van der Waals surface area contributed by atoms with Crippen LogP contribution in [0.5, 0.6) is 0 Å². The Hall–Kier alpha value is -2.02. The van der Waals surface area contributed by atoms with Crippen LogP contribution in [0.2, 0.25) is 0 Å². The molecule has 5 rings (SSSR count). The van der Waals surface area contributed by atoms with Gasteiger partial charge in [-0.1, -0.05) is 29.8 Å². The third-order valence-electron chi connectivity index (χ3n) is 5.48. The Morgan fingerprint density at radius 2 is 2.00 bits per heavy atom. The van der Waals surface area contributed by atoms with Crippen LogP contribution in [-0.4, -0.2) is 49.4 Å². The number of fused-ring (bicyclic) bond motifs is 5. The smallest absolute Gasteiger partial charge is 0.241 e. The van der Waals surface area contributed by atoms with Crippen molar-refractivity contribution in [3.8, 4) is 0 Å². The maximum Gasteiger partial charge on any atom is 0.241 e. The molecule has 3 saturated heterocycles. The number of rotatable bonds is 5. The lowest BCUT2D eigenvalue weighted by Gasteiger charge is -2.28. The fraction of sp³-hybridized carbons (Fsp3) is 0.474. The van der Waals surface area contributed by atoms with Crippen molar-refractivity contribution in [1.29, 1.82) is 0 Å². The average molecular weight is 341 g/mol. The number of hydrogen-bond acceptors (Lipinski definition) is 5. The van der Waals surface area contributed by atoms with Crippen molar-refractivity contribution in [2.24, 2.45) is 11.8 Å². The van der Waals surface area contributed by atoms with Crippen molar-refractivity contribution in [3.05, 3.63) is 42.0 Å². The zero-order valence-corrected chi connectivity index (χ0v) is 13.9. The second kappa shape index (κ2) is 5.24. The normalized spacial score (nSPS) is 37.9. The molecule has 0 aliphatic carbocycles. The maximum absolute atomic E-state index is 13.1. The van der Waals surface area contributed by atoms with Gasteiger partial charge in [-0.05, 0) is 19.1 Å². The Labute approximate surface area is 145 Å². The SMILES string of the molecule is Cc1ccc(N2C(=O)[C@H]3[C@@H]4C=C[C@](COC[C@H]5CO5)(O4)[C@H]3C2=O)cc1. The van der Waals surface area contributed by atoms with E-state index in [1.807, 2.05) is 43.3 Å². The molecule has 5 atom stereocenters. The summed E-state index contributed by atoms with van der Waals surface area (Å²) in [6.07, 6.45) is 3.59. The topological polar surface area (TPSA) is 68.4 Å². The van der Waals surface area contributed by atoms with E-state index in [0.29, 0.717) is 12.3 Å². The lowest BCUT2D eigenvalue weighted by molar-refractivity contribution is -0.129. The molecule has 3 fully saturated rings. The first-order valence-electron chi connectivity index (χ1n) is 8.60. The minimum Gasteiger partial charge on any atom is -0.375 e. The van der Waals surface area contributed by atoms with Crippen molar-refractivity contribution in [2.45, 2.75) is 24.7 Å². The summed E-state index contributed by atoms with van der Waals surface area (Å²) in [4.78, 5) is 27.4. The van der Waals surface area contributed by atoms with Gasteiger partial charge in [-0.15, -0.1) is 0 Å². The second-order valence-corrected chi connectivity index (χ2v) is 7.22. The monoisotopic (exact) mass is 341 g/mol. The molecule has 2 amide bonds. The Bertz CT molecular complexity index is 769. The summed E-state index contributed by atoms with van der Waals surface area (Å²) < 4.78 is 16.9. The second-order valence-electron chi connectivity index (χ2n) is 7.22. The van der Waals surface area contributed by atoms with Gasteiger partial charge in [0.2, 0.25) is 11.8 Å². The molecule has 0 aromatic heterocycles. The highest BCUT2D eigenvalue weighted by Crippen LogP contribution is 2.52. The van der Waals surface area contributed by atoms with Crippen molar-refractivity contribution < 1.29 is 23.8 Å². The number of imide groups is 1. The largest absolute Gasteiger partial charge is 0.375 e. The van der Waals surface area contributed by atoms with E-state index in [0.717, 1.165) is 12.2 Å². The van der Waals surface area contributed by atoms with Crippen LogP contribution in [-0.2, 0) is 23.8 Å². The van der Waals surface area contributed by atoms with E-state index in [9.17, 15) is 9.59 Å². The molecule has 0 saturated carbocycles. The van der Waals surface area contributed by atoms with Crippen LogP contribution in [0.3, 0.4) is 0 Å². The molecule has 4 heterocycles. The van der Waals surface area contributed by atoms with E-state index in [1.165, 1.54) is 4.90 Å². The predicted molar refractivity (Wildman–Crippen MR) is 88.0 cm³/mol. The van der Waals surface area contributed by atoms with Crippen LogP contribution in [0.15, 0.2) is 36.4 Å². The zero-order chi connectivity index (χ0) is 17.2. The Balaban J connectivity index is 1.43. The molecule has 130 valence electrons. The van der Waals surface area contributed by atoms with E-state index >= 15 is 0 Å². The van der Waals surface area contributed by atoms with Gasteiger partial charge in [-0.2, -0.15) is 0 Å². The van der Waals surface area contributed by atoms with Crippen molar-refractivity contribution in [2.75, 3.05) is 24.7 Å². The maximum atomic E-state index is 13.1. The molecule has 0 spiro atoms. The first-order chi connectivity index (χ1) is 12.1. The van der Waals surface area contributed by atoms with Crippen LogP contribution in [0.1, 0.15) is 5.56 Å². The average Bonchev–Trinajstić information content (AvgIpc) is 3.15. The fourth-order valence-electron chi connectivity index (χ4n) is 4.13. The number of ether oxygens (including phenoxy) is 3. The Kier molecular flexibility index (Phi) is 3.20. The van der Waals surface area contributed by atoms with Gasteiger partial charge in [0.05, 0.1) is 43.4 Å². The van der Waals surface area contributed by atoms with Crippen LogP contribution in [0.4, 0.5) is 5.69 Å². The lowest BCUT2D eigenvalue weighted by atomic mass is 9.77. The third-order valence-corrected chi connectivity index (χ3v) is 5.48. The summed E-state index contributed by atoms with van der Waals surface area (Å²) >= 11 is 0. The zero-order valence-electron chi connectivity index (χ0n) is 13.9. The molecule has 6 nitrogen and oxygen atoms in total. The Morgan fingerprint density at radius 3 is 2.72 bits per heavy atom. The predicted octanol–water partition coefficient (Wildman–Crippen LogP) is 1.22. The third kappa shape index (κ3) is 2.21. The van der Waals surface area contributed by atoms with Crippen LogP contribution in [0.25, 0.3) is 0 Å². The van der Waals surface area contributed by atoms with E-state index in [-0.39, 0.29) is 30.6 Å². The van der Waals surface area contributed by atoms with E-state index < -0.39 is 17.4 Å². The van der Waals surface area contributed by atoms with Crippen molar-refractivity contribution in [1.82, 2.24) is 0 Å². The van der Waals surface area contributed by atoms with Crippen molar-refractivity contribution >= 4 is 17.5 Å². The minimum atomic E-state index is -0.837. The number of carbonyl (C=O) groups excluding carboxylic acids is 2. The van der Waals surface area contributed by atoms with Gasteiger partial charge >= 0.3 is 0 Å². The standard InChI is InChI=1S/C19H19NO5/c1-11-2-4-12(5-3-11)20-17(21)15-14-6-7-19(25-14,16(15)18(20)22)10-23-8-13-9-24-13/h2-7,13-16H,8-10H2,1H3/t13-,14-,15-,16+,19+/m0/s1. The molecule has 25 heavy (non-hydrogen) atoms. The first kappa shape index (κ1) is 15.3. The summed E-state index contributed by atoms with van der Waals surface area (Å²) in [6, 6.07) is 7.44. The number of benzene rings is 1. The number of hydrogen-bond donors (Lipinski definition) is 0. The summed E-state index contributed by atoms with van der Waals surface area (Å²) in [7, 11) is 0. The molecule has 4 aliphatic rings. The highest BCUT2D eigenvalue weighted by molar-refractivity contribution is 6.23. The van der Waals surface area contributed by atoms with Crippen LogP contribution < -0.4 is 4.90 Å². The minimum absolute atomic E-state index is 0.153. The summed E-state index contributed by atoms with van der Waals surface area (Å²) in [5, 5.41) is 0. The van der Waals surface area contributed by atoms with Gasteiger partial charge in [0.15, 0.2) is 0 Å². The van der Waals surface area contributed by atoms with Gasteiger partial charge < -0.3 is 14.2 Å². The highest BCUT2D eigenvalue weighted by Gasteiger charge is 2.67. The number of nitrogens with zero attached hydrogens (tertiary/aromatic N) is 1. The van der Waals surface area contributed by atoms with Gasteiger partial charge in [-0.25, -0.2) is 4.90 Å². The van der Waals surface area contributed by atoms with Crippen molar-refractivity contribution in [3.63, 3.8) is 0 Å². The molecular formula is C19H19NO5. The summed E-state index contributed by atoms with van der Waals surface area (Å²) in [5.74, 6) is -1.35. The van der Waals surface area contributed by atoms with Gasteiger partial charge in [-0.3, -0.25) is 9.59 Å². The van der Waals surface area contributed by atoms with Gasteiger partial charge in [0.1, 0.15) is 11.7 Å². The van der Waals surface area contributed by atoms with Crippen LogP contribution in [0, 0.1) is 18.8 Å². The molecule has 2 bridgehead atoms. The fourth-order valence-corrected chi connectivity index (χ4v) is 4.13. The number of epoxide rings is 1. The molecule has 0 N–H and O–H groups in total. The molecule has 4 aliphatic heterocycles. The molecule has 0 radical (unpaired) electrons. The number of carbonyl (C=O) groups is 2. The summed E-state index contributed by atoms with van der Waals surface area (Å²) in [5.41, 5.74) is 0.869.